The number of phenols is 1. The number of benzene rings is 4. The molecule has 190 valence electrons. The number of hydrogen-bond acceptors (Lipinski definition) is 7. The number of hydrogen-bond donors (Lipinski definition) is 3. The third kappa shape index (κ3) is 5.52. The Kier molecular flexibility index (Phi) is 7.37. The van der Waals surface area contributed by atoms with Crippen LogP contribution in [0.1, 0.15) is 15.9 Å². The van der Waals surface area contributed by atoms with Crippen molar-refractivity contribution in [2.45, 2.75) is 11.8 Å². The quantitative estimate of drug-likeness (QED) is 0.170. The molecule has 0 spiro atoms. The fraction of sp³-hybridized carbons (Fsp3) is 0.0800. The monoisotopic (exact) mass is 559 g/mol. The largest absolute Gasteiger partial charge is 0.505 e. The molecule has 12 heteroatoms. The first-order valence-electron chi connectivity index (χ1n) is 10.6. The summed E-state index contributed by atoms with van der Waals surface area (Å²) in [7, 11) is -3.04. The van der Waals surface area contributed by atoms with Crippen LogP contribution in [0.5, 0.6) is 11.5 Å². The summed E-state index contributed by atoms with van der Waals surface area (Å²) in [6.45, 7) is 1.54. The lowest BCUT2D eigenvalue weighted by Crippen LogP contribution is -2.13. The van der Waals surface area contributed by atoms with Crippen LogP contribution in [0, 0.1) is 6.92 Å². The molecule has 0 aromatic heterocycles. The van der Waals surface area contributed by atoms with Crippen molar-refractivity contribution in [2.75, 3.05) is 12.4 Å². The summed E-state index contributed by atoms with van der Waals surface area (Å²) in [6, 6.07) is 15.4. The molecule has 0 atom stereocenters. The van der Waals surface area contributed by atoms with Crippen molar-refractivity contribution in [1.82, 2.24) is 0 Å². The zero-order valence-electron chi connectivity index (χ0n) is 19.4. The Morgan fingerprint density at radius 2 is 1.70 bits per heavy atom. The molecule has 0 radical (unpaired) electrons. The summed E-state index contributed by atoms with van der Waals surface area (Å²) in [6.07, 6.45) is 0. The summed E-state index contributed by atoms with van der Waals surface area (Å²) in [5, 5.41) is 23.5. The Balaban J connectivity index is 1.80. The third-order valence-electron chi connectivity index (χ3n) is 5.43. The van der Waals surface area contributed by atoms with Crippen LogP contribution in [0.3, 0.4) is 0 Å². The molecule has 0 saturated heterocycles. The molecule has 0 saturated carbocycles. The average Bonchev–Trinajstić information content (AvgIpc) is 2.84. The van der Waals surface area contributed by atoms with Gasteiger partial charge in [0.2, 0.25) is 0 Å². The number of anilines is 1. The molecule has 0 aliphatic heterocycles. The molecular weight excluding hydrogens is 541 g/mol. The number of aryl methyl sites for hydroxylation is 1. The number of aromatic hydroxyl groups is 1. The topological polar surface area (TPSA) is 138 Å². The number of nitrogens with one attached hydrogen (secondary N) is 1. The number of carbonyl (C=O) groups excluding carboxylic acids is 1. The summed E-state index contributed by atoms with van der Waals surface area (Å²) >= 11 is 12.2. The first-order valence-corrected chi connectivity index (χ1v) is 12.8. The van der Waals surface area contributed by atoms with Gasteiger partial charge in [-0.25, -0.2) is 0 Å². The molecule has 0 aliphatic carbocycles. The van der Waals surface area contributed by atoms with Crippen LogP contribution in [0.2, 0.25) is 10.0 Å². The van der Waals surface area contributed by atoms with Gasteiger partial charge in [0, 0.05) is 16.5 Å². The van der Waals surface area contributed by atoms with Crippen LogP contribution in [-0.4, -0.2) is 31.1 Å². The predicted molar refractivity (Wildman–Crippen MR) is 142 cm³/mol. The van der Waals surface area contributed by atoms with Gasteiger partial charge in [-0.15, -0.1) is 10.2 Å². The predicted octanol–water partition coefficient (Wildman–Crippen LogP) is 7.08. The van der Waals surface area contributed by atoms with Gasteiger partial charge in [0.05, 0.1) is 28.3 Å². The van der Waals surface area contributed by atoms with E-state index in [1.165, 1.54) is 32.2 Å². The van der Waals surface area contributed by atoms with Crippen molar-refractivity contribution in [3.63, 3.8) is 0 Å². The standard InChI is InChI=1S/C25H19Cl2N3O6S/c1-13-9-16(37(33,34)35)12-19(27)22(13)29-30-23-17-6-4-3-5-14(17)10-18(24(23)31)25(32)28-20-8-7-15(26)11-21(20)36-2/h3-12,31H,1-2H3,(H,28,32)(H,33,34,35). The van der Waals surface area contributed by atoms with Crippen LogP contribution in [0.4, 0.5) is 17.1 Å². The average molecular weight is 560 g/mol. The molecule has 1 amide bonds. The van der Waals surface area contributed by atoms with E-state index in [4.69, 9.17) is 27.9 Å². The smallest absolute Gasteiger partial charge is 0.294 e. The number of rotatable bonds is 6. The van der Waals surface area contributed by atoms with E-state index < -0.39 is 26.7 Å². The van der Waals surface area contributed by atoms with Crippen LogP contribution < -0.4 is 10.1 Å². The summed E-state index contributed by atoms with van der Waals surface area (Å²) in [4.78, 5) is 12.8. The second-order valence-corrected chi connectivity index (χ2v) is 10.2. The van der Waals surface area contributed by atoms with Crippen LogP contribution in [0.15, 0.2) is 75.8 Å². The first-order chi connectivity index (χ1) is 17.5. The Morgan fingerprint density at radius 1 is 1.00 bits per heavy atom. The van der Waals surface area contributed by atoms with Gasteiger partial charge in [-0.1, -0.05) is 47.5 Å². The van der Waals surface area contributed by atoms with Crippen molar-refractivity contribution in [1.29, 1.82) is 0 Å². The normalized spacial score (nSPS) is 11.7. The lowest BCUT2D eigenvalue weighted by atomic mass is 10.0. The minimum atomic E-state index is -4.47. The summed E-state index contributed by atoms with van der Waals surface area (Å²) in [5.41, 5.74) is 0.707. The molecule has 9 nitrogen and oxygen atoms in total. The van der Waals surface area contributed by atoms with Crippen molar-refractivity contribution in [2.24, 2.45) is 10.2 Å². The molecular formula is C25H19Cl2N3O6S. The zero-order valence-corrected chi connectivity index (χ0v) is 21.7. The molecule has 4 aromatic rings. The van der Waals surface area contributed by atoms with Crippen LogP contribution in [-0.2, 0) is 10.1 Å². The minimum Gasteiger partial charge on any atom is -0.505 e. The molecule has 4 aromatic carbocycles. The highest BCUT2D eigenvalue weighted by Crippen LogP contribution is 2.41. The molecule has 0 aliphatic rings. The number of halogens is 2. The van der Waals surface area contributed by atoms with E-state index in [1.807, 2.05) is 0 Å². The van der Waals surface area contributed by atoms with E-state index in [0.717, 1.165) is 6.07 Å². The Morgan fingerprint density at radius 3 is 2.38 bits per heavy atom. The van der Waals surface area contributed by atoms with E-state index in [1.54, 1.807) is 36.4 Å². The molecule has 4 rings (SSSR count). The molecule has 3 N–H and O–H groups in total. The number of methoxy groups -OCH3 is 1. The lowest BCUT2D eigenvalue weighted by Gasteiger charge is -2.13. The highest BCUT2D eigenvalue weighted by Gasteiger charge is 2.20. The number of amides is 1. The van der Waals surface area contributed by atoms with Gasteiger partial charge in [0.15, 0.2) is 5.75 Å². The maximum absolute atomic E-state index is 13.2. The van der Waals surface area contributed by atoms with E-state index in [0.29, 0.717) is 32.8 Å². The van der Waals surface area contributed by atoms with Gasteiger partial charge in [0.1, 0.15) is 17.1 Å². The SMILES string of the molecule is COc1cc(Cl)ccc1NC(=O)c1cc2ccccc2c(N=Nc2c(C)cc(S(=O)(=O)O)cc2Cl)c1O. The van der Waals surface area contributed by atoms with Gasteiger partial charge in [-0.3, -0.25) is 9.35 Å². The second-order valence-electron chi connectivity index (χ2n) is 7.89. The summed E-state index contributed by atoms with van der Waals surface area (Å²) in [5.74, 6) is -0.734. The van der Waals surface area contributed by atoms with E-state index in [2.05, 4.69) is 15.5 Å². The Bertz CT molecular complexity index is 1670. The number of carbonyl (C=O) groups is 1. The Labute approximate surface area is 222 Å². The second kappa shape index (κ2) is 10.3. The highest BCUT2D eigenvalue weighted by atomic mass is 35.5. The molecule has 0 bridgehead atoms. The van der Waals surface area contributed by atoms with E-state index in [9.17, 15) is 22.9 Å². The zero-order chi connectivity index (χ0) is 26.9. The Hall–Kier alpha value is -3.70. The maximum Gasteiger partial charge on any atom is 0.294 e. The first kappa shape index (κ1) is 26.4. The van der Waals surface area contributed by atoms with E-state index >= 15 is 0 Å². The van der Waals surface area contributed by atoms with Gasteiger partial charge in [0.25, 0.3) is 16.0 Å². The van der Waals surface area contributed by atoms with Gasteiger partial charge in [-0.2, -0.15) is 8.42 Å². The molecule has 0 fully saturated rings. The fourth-order valence-electron chi connectivity index (χ4n) is 3.63. The third-order valence-corrected chi connectivity index (χ3v) is 6.78. The minimum absolute atomic E-state index is 0.000596. The summed E-state index contributed by atoms with van der Waals surface area (Å²) < 4.78 is 37.5. The highest BCUT2D eigenvalue weighted by molar-refractivity contribution is 7.85. The van der Waals surface area contributed by atoms with Crippen molar-refractivity contribution >= 4 is 67.1 Å². The van der Waals surface area contributed by atoms with Crippen molar-refractivity contribution < 1.29 is 27.6 Å². The fourth-order valence-corrected chi connectivity index (χ4v) is 4.75. The van der Waals surface area contributed by atoms with Gasteiger partial charge in [-0.05, 0) is 48.2 Å². The number of azo groups is 1. The number of phenolic OH excluding ortho intramolecular Hbond substituents is 1. The van der Waals surface area contributed by atoms with Crippen LogP contribution in [0.25, 0.3) is 10.8 Å². The lowest BCUT2D eigenvalue weighted by molar-refractivity contribution is 0.102. The van der Waals surface area contributed by atoms with Crippen molar-refractivity contribution in [3.8, 4) is 11.5 Å². The molecule has 0 heterocycles. The number of nitrogens with zero attached hydrogens (tertiary/aromatic N) is 2. The number of ether oxygens (including phenoxy) is 1. The molecule has 37 heavy (non-hydrogen) atoms. The molecule has 0 unspecified atom stereocenters. The number of fused-ring (bicyclic) bond motifs is 1. The van der Waals surface area contributed by atoms with Crippen molar-refractivity contribution in [3.05, 3.63) is 81.8 Å². The van der Waals surface area contributed by atoms with Crippen LogP contribution >= 0.6 is 23.2 Å². The van der Waals surface area contributed by atoms with Gasteiger partial charge < -0.3 is 15.2 Å². The van der Waals surface area contributed by atoms with Gasteiger partial charge >= 0.3 is 0 Å². The maximum atomic E-state index is 13.2. The van der Waals surface area contributed by atoms with E-state index in [-0.39, 0.29) is 22.0 Å².